The van der Waals surface area contributed by atoms with Crippen molar-refractivity contribution in [2.24, 2.45) is 0 Å². The molecule has 1 fully saturated rings. The SMILES string of the molecule is CC(=O)N1CCC([NH2+]C(c2ccccc2)c2ccccc2)CC1. The van der Waals surface area contributed by atoms with Crippen LogP contribution in [0.25, 0.3) is 0 Å². The van der Waals surface area contributed by atoms with Crippen LogP contribution in [0.4, 0.5) is 0 Å². The summed E-state index contributed by atoms with van der Waals surface area (Å²) < 4.78 is 0. The summed E-state index contributed by atoms with van der Waals surface area (Å²) in [7, 11) is 0. The van der Waals surface area contributed by atoms with E-state index in [0.29, 0.717) is 12.1 Å². The van der Waals surface area contributed by atoms with Crippen LogP contribution in [-0.4, -0.2) is 29.9 Å². The Hall–Kier alpha value is -2.13. The predicted molar refractivity (Wildman–Crippen MR) is 91.9 cm³/mol. The van der Waals surface area contributed by atoms with Gasteiger partial charge in [-0.25, -0.2) is 0 Å². The van der Waals surface area contributed by atoms with E-state index in [9.17, 15) is 4.79 Å². The van der Waals surface area contributed by atoms with Crippen LogP contribution in [-0.2, 0) is 4.79 Å². The number of nitrogens with zero attached hydrogens (tertiary/aromatic N) is 1. The third-order valence-corrected chi connectivity index (χ3v) is 4.77. The third kappa shape index (κ3) is 3.99. The molecule has 3 heteroatoms. The van der Waals surface area contributed by atoms with Crippen molar-refractivity contribution in [1.82, 2.24) is 4.90 Å². The Balaban J connectivity index is 1.74. The third-order valence-electron chi connectivity index (χ3n) is 4.77. The average molecular weight is 309 g/mol. The standard InChI is InChI=1S/C20H24N2O/c1-16(23)22-14-12-19(13-15-22)21-20(17-8-4-2-5-9-17)18-10-6-3-7-11-18/h2-11,19-21H,12-15H2,1H3/p+1. The van der Waals surface area contributed by atoms with Gasteiger partial charge >= 0.3 is 0 Å². The fraction of sp³-hybridized carbons (Fsp3) is 0.350. The Morgan fingerprint density at radius 2 is 1.43 bits per heavy atom. The van der Waals surface area contributed by atoms with Crippen molar-refractivity contribution in [2.45, 2.75) is 31.8 Å². The summed E-state index contributed by atoms with van der Waals surface area (Å²) in [5.41, 5.74) is 2.68. The first-order chi connectivity index (χ1) is 11.2. The number of carbonyl (C=O) groups excluding carboxylic acids is 1. The molecule has 0 atom stereocenters. The first-order valence-corrected chi connectivity index (χ1v) is 8.44. The summed E-state index contributed by atoms with van der Waals surface area (Å²) in [6.45, 7) is 3.43. The maximum atomic E-state index is 11.5. The number of hydrogen-bond acceptors (Lipinski definition) is 1. The Morgan fingerprint density at radius 1 is 0.957 bits per heavy atom. The zero-order valence-corrected chi connectivity index (χ0v) is 13.7. The van der Waals surface area contributed by atoms with Crippen LogP contribution in [0, 0.1) is 0 Å². The molecule has 0 bridgehead atoms. The Kier molecular flexibility index (Phi) is 5.09. The molecule has 120 valence electrons. The predicted octanol–water partition coefficient (Wildman–Crippen LogP) is 2.35. The number of rotatable bonds is 4. The number of nitrogens with two attached hydrogens (primary N) is 1. The number of benzene rings is 2. The highest BCUT2D eigenvalue weighted by Crippen LogP contribution is 2.19. The summed E-state index contributed by atoms with van der Waals surface area (Å²) in [4.78, 5) is 13.4. The summed E-state index contributed by atoms with van der Waals surface area (Å²) in [5, 5.41) is 2.49. The van der Waals surface area contributed by atoms with Gasteiger partial charge in [0.05, 0.1) is 6.04 Å². The molecule has 3 nitrogen and oxygen atoms in total. The summed E-state index contributed by atoms with van der Waals surface area (Å²) >= 11 is 0. The Labute approximate surface area is 138 Å². The number of piperidine rings is 1. The number of carbonyl (C=O) groups is 1. The molecule has 23 heavy (non-hydrogen) atoms. The molecular formula is C20H25N2O+. The maximum absolute atomic E-state index is 11.5. The minimum absolute atomic E-state index is 0.200. The normalized spacial score (nSPS) is 15.8. The quantitative estimate of drug-likeness (QED) is 0.925. The number of amides is 1. The molecule has 0 aromatic heterocycles. The van der Waals surface area contributed by atoms with Crippen molar-refractivity contribution in [3.63, 3.8) is 0 Å². The van der Waals surface area contributed by atoms with Crippen LogP contribution in [0.2, 0.25) is 0 Å². The van der Waals surface area contributed by atoms with Crippen molar-refractivity contribution in [2.75, 3.05) is 13.1 Å². The van der Waals surface area contributed by atoms with E-state index < -0.39 is 0 Å². The molecule has 0 aliphatic carbocycles. The lowest BCUT2D eigenvalue weighted by atomic mass is 9.95. The summed E-state index contributed by atoms with van der Waals surface area (Å²) in [6.07, 6.45) is 2.13. The molecule has 0 radical (unpaired) electrons. The lowest BCUT2D eigenvalue weighted by molar-refractivity contribution is -0.721. The van der Waals surface area contributed by atoms with Gasteiger partial charge in [0.1, 0.15) is 6.04 Å². The lowest BCUT2D eigenvalue weighted by Gasteiger charge is -2.32. The van der Waals surface area contributed by atoms with E-state index in [1.807, 2.05) is 4.90 Å². The van der Waals surface area contributed by atoms with E-state index in [1.165, 1.54) is 11.1 Å². The topological polar surface area (TPSA) is 36.9 Å². The highest BCUT2D eigenvalue weighted by Gasteiger charge is 2.27. The molecule has 3 rings (SSSR count). The van der Waals surface area contributed by atoms with Gasteiger partial charge in [-0.15, -0.1) is 0 Å². The Bertz CT molecular complexity index is 579. The van der Waals surface area contributed by atoms with Crippen LogP contribution < -0.4 is 5.32 Å². The van der Waals surface area contributed by atoms with Gasteiger partial charge in [-0.05, 0) is 0 Å². The van der Waals surface area contributed by atoms with Gasteiger partial charge in [0, 0.05) is 44.0 Å². The molecule has 2 aromatic rings. The van der Waals surface area contributed by atoms with E-state index in [2.05, 4.69) is 66.0 Å². The van der Waals surface area contributed by atoms with Crippen LogP contribution in [0.1, 0.15) is 36.9 Å². The molecular weight excluding hydrogens is 284 g/mol. The van der Waals surface area contributed by atoms with Crippen LogP contribution in [0.3, 0.4) is 0 Å². The molecule has 0 unspecified atom stereocenters. The summed E-state index contributed by atoms with van der Waals surface area (Å²) in [6, 6.07) is 22.3. The molecule has 1 amide bonds. The first-order valence-electron chi connectivity index (χ1n) is 8.44. The van der Waals surface area contributed by atoms with Gasteiger partial charge in [0.2, 0.25) is 5.91 Å². The zero-order valence-electron chi connectivity index (χ0n) is 13.7. The number of hydrogen-bond donors (Lipinski definition) is 1. The molecule has 1 aliphatic heterocycles. The molecule has 1 saturated heterocycles. The minimum Gasteiger partial charge on any atom is -0.342 e. The van der Waals surface area contributed by atoms with Gasteiger partial charge in [-0.2, -0.15) is 0 Å². The van der Waals surface area contributed by atoms with E-state index in [-0.39, 0.29) is 5.91 Å². The lowest BCUT2D eigenvalue weighted by Crippen LogP contribution is -2.92. The number of quaternary nitrogens is 1. The monoisotopic (exact) mass is 309 g/mol. The molecule has 1 aliphatic rings. The molecule has 1 heterocycles. The Morgan fingerprint density at radius 3 is 1.87 bits per heavy atom. The van der Waals surface area contributed by atoms with E-state index in [4.69, 9.17) is 0 Å². The first kappa shape index (κ1) is 15.8. The zero-order chi connectivity index (χ0) is 16.1. The van der Waals surface area contributed by atoms with E-state index in [1.54, 1.807) is 6.92 Å². The maximum Gasteiger partial charge on any atom is 0.219 e. The van der Waals surface area contributed by atoms with Crippen molar-refractivity contribution < 1.29 is 10.1 Å². The second-order valence-corrected chi connectivity index (χ2v) is 6.33. The van der Waals surface area contributed by atoms with Crippen LogP contribution >= 0.6 is 0 Å². The minimum atomic E-state index is 0.200. The molecule has 0 spiro atoms. The largest absolute Gasteiger partial charge is 0.342 e. The van der Waals surface area contributed by atoms with Gasteiger partial charge in [0.25, 0.3) is 0 Å². The van der Waals surface area contributed by atoms with Crippen molar-refractivity contribution in [1.29, 1.82) is 0 Å². The fourth-order valence-corrected chi connectivity index (χ4v) is 3.41. The fourth-order valence-electron chi connectivity index (χ4n) is 3.41. The van der Waals surface area contributed by atoms with Crippen molar-refractivity contribution in [3.05, 3.63) is 71.8 Å². The molecule has 0 saturated carbocycles. The highest BCUT2D eigenvalue weighted by molar-refractivity contribution is 5.73. The second kappa shape index (κ2) is 7.42. The number of likely N-dealkylation sites (tertiary alicyclic amines) is 1. The average Bonchev–Trinajstić information content (AvgIpc) is 2.61. The van der Waals surface area contributed by atoms with Gasteiger partial charge < -0.3 is 10.2 Å². The molecule has 2 N–H and O–H groups in total. The molecule has 2 aromatic carbocycles. The highest BCUT2D eigenvalue weighted by atomic mass is 16.2. The van der Waals surface area contributed by atoms with Gasteiger partial charge in [-0.3, -0.25) is 4.79 Å². The van der Waals surface area contributed by atoms with Crippen molar-refractivity contribution >= 4 is 5.91 Å². The van der Waals surface area contributed by atoms with Crippen LogP contribution in [0.15, 0.2) is 60.7 Å². The van der Waals surface area contributed by atoms with Crippen LogP contribution in [0.5, 0.6) is 0 Å². The second-order valence-electron chi connectivity index (χ2n) is 6.33. The van der Waals surface area contributed by atoms with E-state index in [0.717, 1.165) is 25.9 Å². The van der Waals surface area contributed by atoms with E-state index >= 15 is 0 Å². The summed E-state index contributed by atoms with van der Waals surface area (Å²) in [5.74, 6) is 0.200. The van der Waals surface area contributed by atoms with Gasteiger partial charge in [-0.1, -0.05) is 60.7 Å². The smallest absolute Gasteiger partial charge is 0.219 e. The van der Waals surface area contributed by atoms with Crippen molar-refractivity contribution in [3.8, 4) is 0 Å². The van der Waals surface area contributed by atoms with Gasteiger partial charge in [0.15, 0.2) is 0 Å².